The molecule has 0 bridgehead atoms. The van der Waals surface area contributed by atoms with Crippen LogP contribution in [-0.2, 0) is 6.54 Å². The standard InChI is InChI=1S/C23H24N2O2S/c1-28-22-11-5-3-9-19(22)23(27)16-7-6-12-25(14-16)15-17-13-21(26)18-8-2-4-10-20(18)24-17/h2-5,8-11,13,16H,6-7,12,14-15H2,1H3,(H,24,26)/t16-/m1/s1. The molecular weight excluding hydrogens is 368 g/mol. The summed E-state index contributed by atoms with van der Waals surface area (Å²) in [6.45, 7) is 2.34. The lowest BCUT2D eigenvalue weighted by atomic mass is 9.90. The number of thioether (sulfide) groups is 1. The second-order valence-corrected chi connectivity index (χ2v) is 8.19. The Morgan fingerprint density at radius 1 is 1.18 bits per heavy atom. The van der Waals surface area contributed by atoms with E-state index in [-0.39, 0.29) is 17.1 Å². The van der Waals surface area contributed by atoms with E-state index in [1.165, 1.54) is 0 Å². The third-order valence-electron chi connectivity index (χ3n) is 5.44. The zero-order valence-electron chi connectivity index (χ0n) is 16.0. The zero-order chi connectivity index (χ0) is 19.5. The Bertz CT molecular complexity index is 1060. The predicted molar refractivity (Wildman–Crippen MR) is 115 cm³/mol. The highest BCUT2D eigenvalue weighted by molar-refractivity contribution is 7.98. The molecule has 28 heavy (non-hydrogen) atoms. The van der Waals surface area contributed by atoms with E-state index in [2.05, 4.69) is 9.88 Å². The van der Waals surface area contributed by atoms with Gasteiger partial charge >= 0.3 is 0 Å². The number of carbonyl (C=O) groups is 1. The Labute approximate surface area is 169 Å². The average molecular weight is 393 g/mol. The molecule has 1 atom stereocenters. The van der Waals surface area contributed by atoms with E-state index < -0.39 is 0 Å². The number of H-pyrrole nitrogens is 1. The second-order valence-electron chi connectivity index (χ2n) is 7.34. The molecule has 3 aromatic rings. The van der Waals surface area contributed by atoms with Crippen molar-refractivity contribution in [1.82, 2.24) is 9.88 Å². The van der Waals surface area contributed by atoms with E-state index in [0.717, 1.165) is 47.6 Å². The molecule has 2 aromatic carbocycles. The summed E-state index contributed by atoms with van der Waals surface area (Å²) in [6.07, 6.45) is 3.93. The first-order valence-electron chi connectivity index (χ1n) is 9.66. The number of likely N-dealkylation sites (tertiary alicyclic amines) is 1. The van der Waals surface area contributed by atoms with Crippen LogP contribution in [0.15, 0.2) is 64.3 Å². The van der Waals surface area contributed by atoms with Gasteiger partial charge in [0.25, 0.3) is 0 Å². The van der Waals surface area contributed by atoms with Gasteiger partial charge in [-0.15, -0.1) is 11.8 Å². The number of para-hydroxylation sites is 1. The second kappa shape index (κ2) is 8.33. The number of aromatic nitrogens is 1. The normalized spacial score (nSPS) is 17.7. The van der Waals surface area contributed by atoms with Crippen LogP contribution in [0.1, 0.15) is 28.9 Å². The van der Waals surface area contributed by atoms with Crippen LogP contribution < -0.4 is 5.43 Å². The number of fused-ring (bicyclic) bond motifs is 1. The van der Waals surface area contributed by atoms with Gasteiger partial charge in [0, 0.05) is 52.1 Å². The highest BCUT2D eigenvalue weighted by atomic mass is 32.2. The van der Waals surface area contributed by atoms with E-state index in [4.69, 9.17) is 0 Å². The van der Waals surface area contributed by atoms with Crippen LogP contribution in [0.4, 0.5) is 0 Å². The fourth-order valence-corrected chi connectivity index (χ4v) is 4.66. The number of carbonyl (C=O) groups excluding carboxylic acids is 1. The van der Waals surface area contributed by atoms with Crippen LogP contribution >= 0.6 is 11.8 Å². The van der Waals surface area contributed by atoms with Crippen LogP contribution in [0.25, 0.3) is 10.9 Å². The van der Waals surface area contributed by atoms with Gasteiger partial charge in [-0.25, -0.2) is 0 Å². The Morgan fingerprint density at radius 2 is 1.96 bits per heavy atom. The molecule has 5 heteroatoms. The highest BCUT2D eigenvalue weighted by Gasteiger charge is 2.28. The number of rotatable bonds is 5. The van der Waals surface area contributed by atoms with E-state index in [1.54, 1.807) is 17.8 Å². The molecule has 0 spiro atoms. The monoisotopic (exact) mass is 392 g/mol. The number of nitrogens with one attached hydrogen (secondary N) is 1. The van der Waals surface area contributed by atoms with Crippen molar-refractivity contribution in [3.63, 3.8) is 0 Å². The molecule has 1 N–H and O–H groups in total. The minimum atomic E-state index is 0.00854. The Hall–Kier alpha value is -2.37. The summed E-state index contributed by atoms with van der Waals surface area (Å²) in [4.78, 5) is 32.2. The van der Waals surface area contributed by atoms with E-state index >= 15 is 0 Å². The Morgan fingerprint density at radius 3 is 2.82 bits per heavy atom. The topological polar surface area (TPSA) is 53.2 Å². The number of benzene rings is 2. The number of pyridine rings is 1. The number of ketones is 1. The van der Waals surface area contributed by atoms with Crippen molar-refractivity contribution in [1.29, 1.82) is 0 Å². The molecular formula is C23H24N2O2S. The maximum absolute atomic E-state index is 13.1. The first kappa shape index (κ1) is 19.0. The van der Waals surface area contributed by atoms with Gasteiger partial charge in [0.05, 0.1) is 0 Å². The summed E-state index contributed by atoms with van der Waals surface area (Å²) < 4.78 is 0. The quantitative estimate of drug-likeness (QED) is 0.518. The molecule has 0 unspecified atom stereocenters. The van der Waals surface area contributed by atoms with E-state index in [1.807, 2.05) is 54.8 Å². The number of hydrogen-bond acceptors (Lipinski definition) is 4. The van der Waals surface area contributed by atoms with Crippen molar-refractivity contribution in [3.05, 3.63) is 76.1 Å². The third-order valence-corrected chi connectivity index (χ3v) is 6.23. The van der Waals surface area contributed by atoms with Crippen molar-refractivity contribution in [3.8, 4) is 0 Å². The number of aromatic amines is 1. The van der Waals surface area contributed by atoms with Crippen LogP contribution in [0, 0.1) is 5.92 Å². The number of hydrogen-bond donors (Lipinski definition) is 1. The summed E-state index contributed by atoms with van der Waals surface area (Å²) in [5.41, 5.74) is 2.65. The fourth-order valence-electron chi connectivity index (χ4n) is 4.06. The molecule has 0 aliphatic carbocycles. The molecule has 2 heterocycles. The summed E-state index contributed by atoms with van der Waals surface area (Å²) in [5, 5.41) is 0.714. The number of nitrogens with zero attached hydrogens (tertiary/aromatic N) is 1. The van der Waals surface area contributed by atoms with Crippen LogP contribution in [0.3, 0.4) is 0 Å². The molecule has 0 radical (unpaired) electrons. The molecule has 4 nitrogen and oxygen atoms in total. The predicted octanol–water partition coefficient (Wildman–Crippen LogP) is 4.34. The minimum Gasteiger partial charge on any atom is -0.357 e. The number of Topliss-reactive ketones (excluding diaryl/α,β-unsaturated/α-hetero) is 1. The van der Waals surface area contributed by atoms with Crippen molar-refractivity contribution >= 4 is 28.4 Å². The van der Waals surface area contributed by atoms with Crippen LogP contribution in [-0.4, -0.2) is 35.0 Å². The van der Waals surface area contributed by atoms with Gasteiger partial charge in [-0.3, -0.25) is 14.5 Å². The molecule has 144 valence electrons. The molecule has 1 aliphatic rings. The largest absolute Gasteiger partial charge is 0.357 e. The molecule has 4 rings (SSSR count). The lowest BCUT2D eigenvalue weighted by Gasteiger charge is -2.32. The molecule has 1 saturated heterocycles. The van der Waals surface area contributed by atoms with Crippen molar-refractivity contribution in [2.75, 3.05) is 19.3 Å². The molecule has 0 saturated carbocycles. The van der Waals surface area contributed by atoms with E-state index in [9.17, 15) is 9.59 Å². The fraction of sp³-hybridized carbons (Fsp3) is 0.304. The van der Waals surface area contributed by atoms with E-state index in [0.29, 0.717) is 11.9 Å². The SMILES string of the molecule is CSc1ccccc1C(=O)[C@@H]1CCCN(Cc2cc(=O)c3ccccc3[nH]2)C1. The van der Waals surface area contributed by atoms with Crippen LogP contribution in [0.2, 0.25) is 0 Å². The lowest BCUT2D eigenvalue weighted by Crippen LogP contribution is -2.38. The van der Waals surface area contributed by atoms with Crippen LogP contribution in [0.5, 0.6) is 0 Å². The highest BCUT2D eigenvalue weighted by Crippen LogP contribution is 2.27. The molecule has 1 aliphatic heterocycles. The van der Waals surface area contributed by atoms with Gasteiger partial charge in [-0.1, -0.05) is 30.3 Å². The Balaban J connectivity index is 1.51. The zero-order valence-corrected chi connectivity index (χ0v) is 16.8. The van der Waals surface area contributed by atoms with Gasteiger partial charge in [-0.05, 0) is 43.8 Å². The van der Waals surface area contributed by atoms with Gasteiger partial charge < -0.3 is 4.98 Å². The minimum absolute atomic E-state index is 0.00854. The average Bonchev–Trinajstić information content (AvgIpc) is 2.73. The maximum Gasteiger partial charge on any atom is 0.189 e. The molecule has 1 aromatic heterocycles. The summed E-state index contributed by atoms with van der Waals surface area (Å²) >= 11 is 1.62. The third kappa shape index (κ3) is 3.91. The smallest absolute Gasteiger partial charge is 0.189 e. The van der Waals surface area contributed by atoms with Crippen molar-refractivity contribution in [2.45, 2.75) is 24.3 Å². The molecule has 0 amide bonds. The summed E-state index contributed by atoms with van der Waals surface area (Å²) in [5.74, 6) is 0.246. The molecule has 1 fully saturated rings. The lowest BCUT2D eigenvalue weighted by molar-refractivity contribution is 0.0807. The van der Waals surface area contributed by atoms with Gasteiger partial charge in [0.1, 0.15) is 0 Å². The maximum atomic E-state index is 13.1. The van der Waals surface area contributed by atoms with Gasteiger partial charge in [0.15, 0.2) is 11.2 Å². The van der Waals surface area contributed by atoms with Crippen molar-refractivity contribution < 1.29 is 4.79 Å². The first-order chi connectivity index (χ1) is 13.7. The summed E-state index contributed by atoms with van der Waals surface area (Å²) in [6, 6.07) is 17.1. The van der Waals surface area contributed by atoms with Crippen molar-refractivity contribution in [2.24, 2.45) is 5.92 Å². The summed E-state index contributed by atoms with van der Waals surface area (Å²) in [7, 11) is 0. The Kier molecular flexibility index (Phi) is 5.64. The number of piperidine rings is 1. The first-order valence-corrected chi connectivity index (χ1v) is 10.9. The van der Waals surface area contributed by atoms with Gasteiger partial charge in [-0.2, -0.15) is 0 Å². The van der Waals surface area contributed by atoms with Gasteiger partial charge in [0.2, 0.25) is 0 Å².